The first kappa shape index (κ1) is 12.8. The second-order valence-corrected chi connectivity index (χ2v) is 5.52. The van der Waals surface area contributed by atoms with Gasteiger partial charge in [0.25, 0.3) is 0 Å². The van der Waals surface area contributed by atoms with Crippen molar-refractivity contribution in [2.45, 2.75) is 6.42 Å². The van der Waals surface area contributed by atoms with E-state index in [0.29, 0.717) is 0 Å². The largest absolute Gasteiger partial charge is 0.481 e. The maximum absolute atomic E-state index is 11.9. The van der Waals surface area contributed by atoms with E-state index in [9.17, 15) is 9.59 Å². The number of anilines is 1. The lowest BCUT2D eigenvalue weighted by Gasteiger charge is -2.16. The van der Waals surface area contributed by atoms with E-state index >= 15 is 0 Å². The molecule has 1 amide bonds. The summed E-state index contributed by atoms with van der Waals surface area (Å²) in [6.07, 6.45) is 1.82. The standard InChI is InChI=1S/C14H12N2O3S/c17-12-7-10(14(18)19)8-16(12)11-3-1-9(2-4-11)13-15-5-6-20-13/h1-6,10H,7-8H2,(H,18,19)/t10-/m1/s1. The average molecular weight is 288 g/mol. The highest BCUT2D eigenvalue weighted by atomic mass is 32.1. The molecule has 3 rings (SSSR count). The van der Waals surface area contributed by atoms with Crippen molar-refractivity contribution < 1.29 is 14.7 Å². The van der Waals surface area contributed by atoms with Crippen LogP contribution in [0.25, 0.3) is 10.6 Å². The van der Waals surface area contributed by atoms with E-state index in [2.05, 4.69) is 4.98 Å². The molecule has 102 valence electrons. The topological polar surface area (TPSA) is 70.5 Å². The van der Waals surface area contributed by atoms with Crippen LogP contribution >= 0.6 is 11.3 Å². The summed E-state index contributed by atoms with van der Waals surface area (Å²) in [6, 6.07) is 7.46. The molecule has 1 aliphatic heterocycles. The Kier molecular flexibility index (Phi) is 3.23. The molecule has 20 heavy (non-hydrogen) atoms. The summed E-state index contributed by atoms with van der Waals surface area (Å²) in [5, 5.41) is 11.8. The van der Waals surface area contributed by atoms with Crippen LogP contribution in [0.5, 0.6) is 0 Å². The van der Waals surface area contributed by atoms with Crippen molar-refractivity contribution in [1.29, 1.82) is 0 Å². The molecule has 6 heteroatoms. The first-order valence-electron chi connectivity index (χ1n) is 6.18. The Bertz CT molecular complexity index is 637. The van der Waals surface area contributed by atoms with Gasteiger partial charge in [0.05, 0.1) is 5.92 Å². The summed E-state index contributed by atoms with van der Waals surface area (Å²) in [4.78, 5) is 28.6. The number of aliphatic carboxylic acids is 1. The van der Waals surface area contributed by atoms with Gasteiger partial charge in [-0.25, -0.2) is 4.98 Å². The van der Waals surface area contributed by atoms with E-state index in [4.69, 9.17) is 5.11 Å². The van der Waals surface area contributed by atoms with Crippen molar-refractivity contribution >= 4 is 28.9 Å². The predicted octanol–water partition coefficient (Wildman–Crippen LogP) is 2.25. The summed E-state index contributed by atoms with van der Waals surface area (Å²) in [5.41, 5.74) is 1.73. The number of carboxylic acids is 1. The number of amides is 1. The second-order valence-electron chi connectivity index (χ2n) is 4.63. The van der Waals surface area contributed by atoms with Crippen LogP contribution in [0.15, 0.2) is 35.8 Å². The SMILES string of the molecule is O=C(O)[C@@H]1CC(=O)N(c2ccc(-c3nccs3)cc2)C1. The molecule has 1 fully saturated rings. The van der Waals surface area contributed by atoms with E-state index in [0.717, 1.165) is 16.3 Å². The normalized spacial score (nSPS) is 18.5. The molecule has 2 heterocycles. The summed E-state index contributed by atoms with van der Waals surface area (Å²) < 4.78 is 0. The minimum atomic E-state index is -0.916. The van der Waals surface area contributed by atoms with E-state index in [1.54, 1.807) is 17.5 Å². The number of hydrogen-bond donors (Lipinski definition) is 1. The van der Waals surface area contributed by atoms with Crippen LogP contribution in [-0.4, -0.2) is 28.5 Å². The van der Waals surface area contributed by atoms with Gasteiger partial charge in [-0.2, -0.15) is 0 Å². The Morgan fingerprint density at radius 3 is 2.65 bits per heavy atom. The fourth-order valence-corrected chi connectivity index (χ4v) is 2.92. The van der Waals surface area contributed by atoms with Crippen molar-refractivity contribution in [2.75, 3.05) is 11.4 Å². The van der Waals surface area contributed by atoms with Crippen LogP contribution < -0.4 is 4.90 Å². The van der Waals surface area contributed by atoms with Gasteiger partial charge >= 0.3 is 5.97 Å². The molecule has 1 aliphatic rings. The Hall–Kier alpha value is -2.21. The van der Waals surface area contributed by atoms with Gasteiger partial charge in [-0.1, -0.05) is 0 Å². The Morgan fingerprint density at radius 1 is 1.35 bits per heavy atom. The highest BCUT2D eigenvalue weighted by molar-refractivity contribution is 7.13. The van der Waals surface area contributed by atoms with Crippen molar-refractivity contribution in [1.82, 2.24) is 4.98 Å². The average Bonchev–Trinajstić information content (AvgIpc) is 3.08. The van der Waals surface area contributed by atoms with Crippen LogP contribution in [0, 0.1) is 5.92 Å². The Balaban J connectivity index is 1.82. The van der Waals surface area contributed by atoms with E-state index in [-0.39, 0.29) is 18.9 Å². The minimum Gasteiger partial charge on any atom is -0.481 e. The lowest BCUT2D eigenvalue weighted by molar-refractivity contribution is -0.141. The second kappa shape index (κ2) is 5.05. The van der Waals surface area contributed by atoms with Crippen molar-refractivity contribution in [2.24, 2.45) is 5.92 Å². The molecule has 1 saturated heterocycles. The van der Waals surface area contributed by atoms with Crippen LogP contribution in [0.4, 0.5) is 5.69 Å². The molecule has 0 aliphatic carbocycles. The van der Waals surface area contributed by atoms with Gasteiger partial charge in [-0.3, -0.25) is 9.59 Å². The third kappa shape index (κ3) is 2.30. The maximum Gasteiger partial charge on any atom is 0.308 e. The van der Waals surface area contributed by atoms with Gasteiger partial charge in [0.2, 0.25) is 5.91 Å². The van der Waals surface area contributed by atoms with Crippen molar-refractivity contribution in [3.05, 3.63) is 35.8 Å². The van der Waals surface area contributed by atoms with Crippen LogP contribution in [0.2, 0.25) is 0 Å². The van der Waals surface area contributed by atoms with Gasteiger partial charge in [0, 0.05) is 35.8 Å². The molecular formula is C14H12N2O3S. The monoisotopic (exact) mass is 288 g/mol. The molecule has 0 spiro atoms. The lowest BCUT2D eigenvalue weighted by Crippen LogP contribution is -2.25. The molecule has 5 nitrogen and oxygen atoms in total. The molecule has 0 radical (unpaired) electrons. The number of hydrogen-bond acceptors (Lipinski definition) is 4. The number of benzene rings is 1. The van der Waals surface area contributed by atoms with Crippen LogP contribution in [-0.2, 0) is 9.59 Å². The molecule has 0 bridgehead atoms. The Morgan fingerprint density at radius 2 is 2.10 bits per heavy atom. The summed E-state index contributed by atoms with van der Waals surface area (Å²) in [7, 11) is 0. The summed E-state index contributed by atoms with van der Waals surface area (Å²) in [5.74, 6) is -1.67. The van der Waals surface area contributed by atoms with Gasteiger partial charge in [-0.15, -0.1) is 11.3 Å². The first-order valence-corrected chi connectivity index (χ1v) is 7.06. The number of carbonyl (C=O) groups is 2. The number of thiazole rings is 1. The smallest absolute Gasteiger partial charge is 0.308 e. The van der Waals surface area contributed by atoms with Gasteiger partial charge < -0.3 is 10.0 Å². The van der Waals surface area contributed by atoms with Crippen molar-refractivity contribution in [3.63, 3.8) is 0 Å². The molecule has 2 aromatic rings. The molecule has 1 N–H and O–H groups in total. The molecule has 1 aromatic heterocycles. The highest BCUT2D eigenvalue weighted by Crippen LogP contribution is 2.28. The first-order chi connectivity index (χ1) is 9.65. The van der Waals surface area contributed by atoms with E-state index in [1.807, 2.05) is 29.6 Å². The maximum atomic E-state index is 11.9. The zero-order chi connectivity index (χ0) is 14.1. The number of carboxylic acid groups (broad SMARTS) is 1. The molecule has 1 aromatic carbocycles. The van der Waals surface area contributed by atoms with Gasteiger partial charge in [0.15, 0.2) is 0 Å². The fourth-order valence-electron chi connectivity index (χ4n) is 2.27. The zero-order valence-corrected chi connectivity index (χ0v) is 11.3. The molecule has 0 unspecified atom stereocenters. The van der Waals surface area contributed by atoms with Gasteiger partial charge in [0.1, 0.15) is 5.01 Å². The van der Waals surface area contributed by atoms with E-state index in [1.165, 1.54) is 4.90 Å². The summed E-state index contributed by atoms with van der Waals surface area (Å²) in [6.45, 7) is 0.241. The molecular weight excluding hydrogens is 276 g/mol. The van der Waals surface area contributed by atoms with Crippen LogP contribution in [0.3, 0.4) is 0 Å². The van der Waals surface area contributed by atoms with Gasteiger partial charge in [-0.05, 0) is 24.3 Å². The third-order valence-corrected chi connectivity index (χ3v) is 4.15. The zero-order valence-electron chi connectivity index (χ0n) is 10.5. The van der Waals surface area contributed by atoms with Crippen LogP contribution in [0.1, 0.15) is 6.42 Å². The number of rotatable bonds is 3. The predicted molar refractivity (Wildman–Crippen MR) is 75.6 cm³/mol. The Labute approximate surface area is 119 Å². The third-order valence-electron chi connectivity index (χ3n) is 3.33. The number of nitrogens with zero attached hydrogens (tertiary/aromatic N) is 2. The van der Waals surface area contributed by atoms with E-state index < -0.39 is 11.9 Å². The number of carbonyl (C=O) groups excluding carboxylic acids is 1. The minimum absolute atomic E-state index is 0.0730. The molecule has 0 saturated carbocycles. The lowest BCUT2D eigenvalue weighted by atomic mass is 10.1. The summed E-state index contributed by atoms with van der Waals surface area (Å²) >= 11 is 1.55. The quantitative estimate of drug-likeness (QED) is 0.940. The highest BCUT2D eigenvalue weighted by Gasteiger charge is 2.34. The van der Waals surface area contributed by atoms with Crippen molar-refractivity contribution in [3.8, 4) is 10.6 Å². The molecule has 1 atom stereocenters. The number of aromatic nitrogens is 1. The fraction of sp³-hybridized carbons (Fsp3) is 0.214.